The second kappa shape index (κ2) is 9.13. The second-order valence-electron chi connectivity index (χ2n) is 6.74. The molecule has 1 heterocycles. The minimum Gasteiger partial charge on any atom is -0.339 e. The number of benzene rings is 1. The topological polar surface area (TPSA) is 61.4 Å². The van der Waals surface area contributed by atoms with Gasteiger partial charge in [0.25, 0.3) is 5.91 Å². The van der Waals surface area contributed by atoms with Crippen molar-refractivity contribution in [3.8, 4) is 0 Å². The van der Waals surface area contributed by atoms with Crippen molar-refractivity contribution in [1.82, 2.24) is 10.2 Å². The van der Waals surface area contributed by atoms with Gasteiger partial charge in [-0.3, -0.25) is 4.79 Å². The summed E-state index contributed by atoms with van der Waals surface area (Å²) in [6.07, 6.45) is 7.47. The number of carbonyl (C=O) groups is 2. The largest absolute Gasteiger partial charge is 0.339 e. The van der Waals surface area contributed by atoms with Gasteiger partial charge in [-0.25, -0.2) is 4.79 Å². The summed E-state index contributed by atoms with van der Waals surface area (Å²) in [5.74, 6) is 1.00. The number of nitrogens with zero attached hydrogens (tertiary/aromatic N) is 1. The Morgan fingerprint density at radius 2 is 1.88 bits per heavy atom. The molecule has 3 amide bonds. The predicted octanol–water partition coefficient (Wildman–Crippen LogP) is 3.72. The van der Waals surface area contributed by atoms with E-state index in [2.05, 4.69) is 10.6 Å². The maximum Gasteiger partial charge on any atom is 0.319 e. The van der Waals surface area contributed by atoms with Crippen LogP contribution >= 0.6 is 11.8 Å². The highest BCUT2D eigenvalue weighted by Crippen LogP contribution is 2.28. The Morgan fingerprint density at radius 1 is 1.12 bits per heavy atom. The first kappa shape index (κ1) is 18.1. The Hall–Kier alpha value is -1.69. The standard InChI is InChI=1S/C19H27N3O2S/c23-18(22-11-3-4-12-22)15-6-5-7-16(14-15)21-19(24)20-10-13-25-17-8-1-2-9-17/h5-7,14,17H,1-4,8-13H2,(H2,20,21,24). The fourth-order valence-electron chi connectivity index (χ4n) is 3.45. The maximum absolute atomic E-state index is 12.4. The van der Waals surface area contributed by atoms with Gasteiger partial charge in [-0.05, 0) is 43.9 Å². The first-order chi connectivity index (χ1) is 12.2. The Labute approximate surface area is 153 Å². The summed E-state index contributed by atoms with van der Waals surface area (Å²) in [5, 5.41) is 6.49. The minimum absolute atomic E-state index is 0.0505. The van der Waals surface area contributed by atoms with E-state index in [0.29, 0.717) is 17.8 Å². The zero-order valence-electron chi connectivity index (χ0n) is 14.6. The molecule has 0 radical (unpaired) electrons. The van der Waals surface area contributed by atoms with Crippen LogP contribution < -0.4 is 10.6 Å². The number of anilines is 1. The lowest BCUT2D eigenvalue weighted by molar-refractivity contribution is 0.0793. The summed E-state index contributed by atoms with van der Waals surface area (Å²) in [7, 11) is 0. The quantitative estimate of drug-likeness (QED) is 0.759. The molecule has 1 aliphatic carbocycles. The van der Waals surface area contributed by atoms with Gasteiger partial charge in [0.1, 0.15) is 0 Å². The number of rotatable bonds is 6. The average molecular weight is 362 g/mol. The highest BCUT2D eigenvalue weighted by molar-refractivity contribution is 7.99. The molecule has 0 aromatic heterocycles. The van der Waals surface area contributed by atoms with E-state index in [4.69, 9.17) is 0 Å². The second-order valence-corrected chi connectivity index (χ2v) is 8.15. The van der Waals surface area contributed by atoms with E-state index >= 15 is 0 Å². The van der Waals surface area contributed by atoms with E-state index in [1.165, 1.54) is 25.7 Å². The van der Waals surface area contributed by atoms with Crippen molar-refractivity contribution in [2.45, 2.75) is 43.8 Å². The summed E-state index contributed by atoms with van der Waals surface area (Å²) in [6.45, 7) is 2.32. The molecule has 1 saturated carbocycles. The summed E-state index contributed by atoms with van der Waals surface area (Å²) in [5.41, 5.74) is 1.29. The Bertz CT molecular complexity index is 596. The number of amides is 3. The summed E-state index contributed by atoms with van der Waals surface area (Å²) < 4.78 is 0. The molecule has 0 bridgehead atoms. The molecule has 136 valence electrons. The van der Waals surface area contributed by atoms with Gasteiger partial charge >= 0.3 is 6.03 Å². The SMILES string of the molecule is O=C(NCCSC1CCCC1)Nc1cccc(C(=O)N2CCCC2)c1. The van der Waals surface area contributed by atoms with Crippen molar-refractivity contribution in [1.29, 1.82) is 0 Å². The molecule has 2 fully saturated rings. The van der Waals surface area contributed by atoms with Crippen LogP contribution in [0.3, 0.4) is 0 Å². The molecule has 6 heteroatoms. The minimum atomic E-state index is -0.210. The first-order valence-corrected chi connectivity index (χ1v) is 10.3. The number of urea groups is 1. The van der Waals surface area contributed by atoms with Gasteiger partial charge in [0.2, 0.25) is 0 Å². The fourth-order valence-corrected chi connectivity index (χ4v) is 4.67. The summed E-state index contributed by atoms with van der Waals surface area (Å²) in [4.78, 5) is 26.3. The number of nitrogens with one attached hydrogen (secondary N) is 2. The molecular weight excluding hydrogens is 334 g/mol. The van der Waals surface area contributed by atoms with E-state index in [-0.39, 0.29) is 11.9 Å². The summed E-state index contributed by atoms with van der Waals surface area (Å²) in [6, 6.07) is 6.98. The average Bonchev–Trinajstić information content (AvgIpc) is 3.32. The molecular formula is C19H27N3O2S. The van der Waals surface area contributed by atoms with Crippen LogP contribution in [-0.2, 0) is 0 Å². The van der Waals surface area contributed by atoms with Crippen LogP contribution in [0.4, 0.5) is 10.5 Å². The van der Waals surface area contributed by atoms with Crippen molar-refractivity contribution < 1.29 is 9.59 Å². The third-order valence-electron chi connectivity index (χ3n) is 4.80. The van der Waals surface area contributed by atoms with Crippen LogP contribution in [0.25, 0.3) is 0 Å². The zero-order valence-corrected chi connectivity index (χ0v) is 15.4. The summed E-state index contributed by atoms with van der Waals surface area (Å²) >= 11 is 1.96. The Kier molecular flexibility index (Phi) is 6.62. The van der Waals surface area contributed by atoms with E-state index in [1.807, 2.05) is 34.9 Å². The van der Waals surface area contributed by atoms with Crippen molar-refractivity contribution in [3.63, 3.8) is 0 Å². The van der Waals surface area contributed by atoms with Crippen LogP contribution in [0.1, 0.15) is 48.9 Å². The number of hydrogen-bond acceptors (Lipinski definition) is 3. The van der Waals surface area contributed by atoms with Gasteiger partial charge in [-0.2, -0.15) is 11.8 Å². The molecule has 1 saturated heterocycles. The molecule has 1 aromatic carbocycles. The van der Waals surface area contributed by atoms with Gasteiger partial charge in [0.15, 0.2) is 0 Å². The lowest BCUT2D eigenvalue weighted by atomic mass is 10.2. The molecule has 1 aromatic rings. The van der Waals surface area contributed by atoms with Gasteiger partial charge < -0.3 is 15.5 Å². The van der Waals surface area contributed by atoms with Crippen LogP contribution in [-0.4, -0.2) is 47.5 Å². The number of carbonyl (C=O) groups excluding carboxylic acids is 2. The van der Waals surface area contributed by atoms with Crippen molar-refractivity contribution in [2.75, 3.05) is 30.7 Å². The molecule has 0 unspecified atom stereocenters. The van der Waals surface area contributed by atoms with E-state index in [1.54, 1.807) is 6.07 Å². The lowest BCUT2D eigenvalue weighted by Crippen LogP contribution is -2.31. The van der Waals surface area contributed by atoms with E-state index in [9.17, 15) is 9.59 Å². The maximum atomic E-state index is 12.4. The van der Waals surface area contributed by atoms with Gasteiger partial charge in [-0.15, -0.1) is 0 Å². The third-order valence-corrected chi connectivity index (χ3v) is 6.19. The first-order valence-electron chi connectivity index (χ1n) is 9.28. The Morgan fingerprint density at radius 3 is 2.64 bits per heavy atom. The third kappa shape index (κ3) is 5.39. The molecule has 2 N–H and O–H groups in total. The molecule has 5 nitrogen and oxygen atoms in total. The van der Waals surface area contributed by atoms with E-state index in [0.717, 1.165) is 36.9 Å². The monoisotopic (exact) mass is 361 g/mol. The van der Waals surface area contributed by atoms with Crippen molar-refractivity contribution in [2.24, 2.45) is 0 Å². The number of thioether (sulfide) groups is 1. The van der Waals surface area contributed by atoms with Crippen LogP contribution in [0.2, 0.25) is 0 Å². The highest BCUT2D eigenvalue weighted by atomic mass is 32.2. The van der Waals surface area contributed by atoms with Crippen molar-refractivity contribution in [3.05, 3.63) is 29.8 Å². The number of likely N-dealkylation sites (tertiary alicyclic amines) is 1. The lowest BCUT2D eigenvalue weighted by Gasteiger charge is -2.16. The van der Waals surface area contributed by atoms with Crippen LogP contribution in [0.5, 0.6) is 0 Å². The fraction of sp³-hybridized carbons (Fsp3) is 0.579. The normalized spacial score (nSPS) is 17.7. The van der Waals surface area contributed by atoms with Gasteiger partial charge in [0.05, 0.1) is 0 Å². The van der Waals surface area contributed by atoms with Crippen LogP contribution in [0, 0.1) is 0 Å². The molecule has 2 aliphatic rings. The van der Waals surface area contributed by atoms with Crippen LogP contribution in [0.15, 0.2) is 24.3 Å². The molecule has 0 atom stereocenters. The smallest absolute Gasteiger partial charge is 0.319 e. The number of hydrogen-bond donors (Lipinski definition) is 2. The molecule has 0 spiro atoms. The van der Waals surface area contributed by atoms with Gasteiger partial charge in [0, 0.05) is 41.9 Å². The zero-order chi connectivity index (χ0) is 17.5. The predicted molar refractivity (Wildman–Crippen MR) is 103 cm³/mol. The van der Waals surface area contributed by atoms with E-state index < -0.39 is 0 Å². The highest BCUT2D eigenvalue weighted by Gasteiger charge is 2.19. The van der Waals surface area contributed by atoms with Gasteiger partial charge in [-0.1, -0.05) is 18.9 Å². The molecule has 1 aliphatic heterocycles. The molecule has 3 rings (SSSR count). The Balaban J connectivity index is 1.42. The van der Waals surface area contributed by atoms with Crippen molar-refractivity contribution >= 4 is 29.4 Å². The molecule has 25 heavy (non-hydrogen) atoms.